The van der Waals surface area contributed by atoms with E-state index >= 15 is 0 Å². The molecule has 0 spiro atoms. The molecule has 0 bridgehead atoms. The van der Waals surface area contributed by atoms with E-state index in [1.165, 1.54) is 13.8 Å². The fraction of sp³-hybridized carbons (Fsp3) is 0.389. The maximum absolute atomic E-state index is 11.5. The van der Waals surface area contributed by atoms with Crippen molar-refractivity contribution in [1.82, 2.24) is 5.32 Å². The number of hydrogen-bond acceptors (Lipinski definition) is 7. The summed E-state index contributed by atoms with van der Waals surface area (Å²) in [5.74, 6) is -3.69. The summed E-state index contributed by atoms with van der Waals surface area (Å²) in [6, 6.07) is 0. The summed E-state index contributed by atoms with van der Waals surface area (Å²) in [5, 5.41) is 2.53. The normalized spacial score (nSPS) is 10.1. The number of carbonyl (C=O) groups excluding carboxylic acids is 5. The summed E-state index contributed by atoms with van der Waals surface area (Å²) in [6.45, 7) is 9.87. The number of amides is 1. The van der Waals surface area contributed by atoms with E-state index in [0.717, 1.165) is 12.2 Å². The topological polar surface area (TPSA) is 116 Å². The highest BCUT2D eigenvalue weighted by molar-refractivity contribution is 6.01. The highest BCUT2D eigenvalue weighted by atomic mass is 16.6. The van der Waals surface area contributed by atoms with Crippen molar-refractivity contribution in [3.8, 4) is 0 Å². The average Bonchev–Trinajstić information content (AvgIpc) is 2.55. The van der Waals surface area contributed by atoms with Crippen LogP contribution in [0.15, 0.2) is 36.5 Å². The van der Waals surface area contributed by atoms with E-state index in [4.69, 9.17) is 0 Å². The molecule has 0 aliphatic heterocycles. The minimum atomic E-state index is -0.962. The van der Waals surface area contributed by atoms with E-state index in [9.17, 15) is 24.0 Å². The predicted molar refractivity (Wildman–Crippen MR) is 92.4 cm³/mol. The quantitative estimate of drug-likeness (QED) is 0.270. The molecule has 0 aliphatic carbocycles. The second kappa shape index (κ2) is 12.3. The van der Waals surface area contributed by atoms with Gasteiger partial charge in [0.15, 0.2) is 0 Å². The molecule has 0 aliphatic rings. The molecule has 0 aromatic carbocycles. The van der Waals surface area contributed by atoms with E-state index in [1.807, 2.05) is 0 Å². The molecule has 0 saturated carbocycles. The third-order valence-electron chi connectivity index (χ3n) is 2.82. The Morgan fingerprint density at radius 3 is 2.00 bits per heavy atom. The zero-order valence-electron chi connectivity index (χ0n) is 15.0. The Labute approximate surface area is 151 Å². The molecule has 142 valence electrons. The largest absolute Gasteiger partial charge is 0.390 e. The number of hydrogen-bond donors (Lipinski definition) is 1. The zero-order valence-corrected chi connectivity index (χ0v) is 15.0. The molecule has 0 atom stereocenters. The van der Waals surface area contributed by atoms with Crippen LogP contribution >= 0.6 is 0 Å². The first-order chi connectivity index (χ1) is 12.1. The van der Waals surface area contributed by atoms with E-state index in [0.29, 0.717) is 25.8 Å². The Bertz CT molecular complexity index is 631. The van der Waals surface area contributed by atoms with Crippen LogP contribution in [0, 0.1) is 0 Å². The number of carbonyl (C=O) groups is 5. The third kappa shape index (κ3) is 11.5. The van der Waals surface area contributed by atoms with Crippen LogP contribution in [0.3, 0.4) is 0 Å². The van der Waals surface area contributed by atoms with Gasteiger partial charge in [-0.1, -0.05) is 19.6 Å². The van der Waals surface area contributed by atoms with E-state index in [2.05, 4.69) is 27.9 Å². The molecule has 0 rings (SSSR count). The van der Waals surface area contributed by atoms with Crippen LogP contribution in [0.25, 0.3) is 0 Å². The highest BCUT2D eigenvalue weighted by Crippen LogP contribution is 2.03. The van der Waals surface area contributed by atoms with Gasteiger partial charge in [-0.25, -0.2) is 14.4 Å². The van der Waals surface area contributed by atoms with Gasteiger partial charge >= 0.3 is 23.9 Å². The van der Waals surface area contributed by atoms with Gasteiger partial charge in [0, 0.05) is 36.3 Å². The first-order valence-electron chi connectivity index (χ1n) is 7.91. The van der Waals surface area contributed by atoms with Gasteiger partial charge in [-0.3, -0.25) is 9.59 Å². The van der Waals surface area contributed by atoms with Gasteiger partial charge in [-0.15, -0.1) is 0 Å². The van der Waals surface area contributed by atoms with Gasteiger partial charge < -0.3 is 14.8 Å². The van der Waals surface area contributed by atoms with Gasteiger partial charge in [-0.05, 0) is 26.7 Å². The van der Waals surface area contributed by atoms with Crippen LogP contribution in [-0.2, 0) is 33.4 Å². The fourth-order valence-electron chi connectivity index (χ4n) is 1.44. The van der Waals surface area contributed by atoms with Crippen molar-refractivity contribution in [2.24, 2.45) is 0 Å². The van der Waals surface area contributed by atoms with Gasteiger partial charge in [0.1, 0.15) is 0 Å². The molecular weight excluding hydrogens is 342 g/mol. The maximum Gasteiger partial charge on any atom is 0.340 e. The van der Waals surface area contributed by atoms with Crippen molar-refractivity contribution in [3.63, 3.8) is 0 Å². The van der Waals surface area contributed by atoms with Crippen molar-refractivity contribution in [2.75, 3.05) is 6.54 Å². The summed E-state index contributed by atoms with van der Waals surface area (Å²) in [4.78, 5) is 56.2. The van der Waals surface area contributed by atoms with Crippen LogP contribution in [0.1, 0.15) is 39.5 Å². The summed E-state index contributed by atoms with van der Waals surface area (Å²) < 4.78 is 8.89. The first kappa shape index (κ1) is 23.0. The smallest absolute Gasteiger partial charge is 0.340 e. The van der Waals surface area contributed by atoms with Crippen molar-refractivity contribution in [1.29, 1.82) is 0 Å². The van der Waals surface area contributed by atoms with Gasteiger partial charge in [0.25, 0.3) is 0 Å². The predicted octanol–water partition coefficient (Wildman–Crippen LogP) is 1.51. The molecule has 0 unspecified atom stereocenters. The zero-order chi connectivity index (χ0) is 20.1. The lowest BCUT2D eigenvalue weighted by Gasteiger charge is -2.03. The van der Waals surface area contributed by atoms with Crippen LogP contribution in [0.2, 0.25) is 0 Å². The van der Waals surface area contributed by atoms with Gasteiger partial charge in [-0.2, -0.15) is 0 Å². The molecule has 8 nitrogen and oxygen atoms in total. The highest BCUT2D eigenvalue weighted by Gasteiger charge is 2.10. The Morgan fingerprint density at radius 2 is 1.42 bits per heavy atom. The minimum Gasteiger partial charge on any atom is -0.390 e. The molecule has 1 N–H and O–H groups in total. The van der Waals surface area contributed by atoms with Gasteiger partial charge in [0.2, 0.25) is 5.91 Å². The Balaban J connectivity index is 3.84. The lowest BCUT2D eigenvalue weighted by atomic mass is 10.2. The second-order valence-corrected chi connectivity index (χ2v) is 5.47. The fourth-order valence-corrected chi connectivity index (χ4v) is 1.44. The molecule has 0 heterocycles. The Hall–Kier alpha value is -3.03. The summed E-state index contributed by atoms with van der Waals surface area (Å²) >= 11 is 0. The molecule has 26 heavy (non-hydrogen) atoms. The van der Waals surface area contributed by atoms with E-state index in [-0.39, 0.29) is 17.6 Å². The monoisotopic (exact) mass is 365 g/mol. The first-order valence-corrected chi connectivity index (χ1v) is 7.91. The van der Waals surface area contributed by atoms with Crippen LogP contribution < -0.4 is 5.32 Å². The molecule has 0 fully saturated rings. The summed E-state index contributed by atoms with van der Waals surface area (Å²) in [7, 11) is 0. The van der Waals surface area contributed by atoms with Crippen LogP contribution in [0.4, 0.5) is 0 Å². The lowest BCUT2D eigenvalue weighted by Crippen LogP contribution is -2.22. The van der Waals surface area contributed by atoms with Crippen molar-refractivity contribution in [3.05, 3.63) is 36.5 Å². The van der Waals surface area contributed by atoms with Crippen LogP contribution in [-0.4, -0.2) is 36.3 Å². The SMILES string of the molecule is C=C(C)C(=O)OC(=O)/C=C/C(=O)NCCCCCC(=O)OC(=O)C(=C)C. The number of ether oxygens (including phenoxy) is 2. The number of rotatable bonds is 10. The molecule has 1 amide bonds. The average molecular weight is 365 g/mol. The molecule has 0 saturated heterocycles. The summed E-state index contributed by atoms with van der Waals surface area (Å²) in [6.07, 6.45) is 3.62. The van der Waals surface area contributed by atoms with Crippen molar-refractivity contribution >= 4 is 29.8 Å². The standard InChI is InChI=1S/C18H23NO7/c1-12(2)17(23)25-15(21)8-6-5-7-11-19-14(20)9-10-16(22)26-18(24)13(3)4/h9-10H,1,3,5-8,11H2,2,4H3,(H,19,20)/b10-9+. The number of nitrogens with one attached hydrogen (secondary N) is 1. The molecule has 0 aromatic rings. The molecule has 0 aromatic heterocycles. The Kier molecular flexibility index (Phi) is 10.9. The van der Waals surface area contributed by atoms with Crippen molar-refractivity contribution in [2.45, 2.75) is 39.5 Å². The van der Waals surface area contributed by atoms with Crippen LogP contribution in [0.5, 0.6) is 0 Å². The molecule has 8 heteroatoms. The second-order valence-electron chi connectivity index (χ2n) is 5.47. The van der Waals surface area contributed by atoms with Gasteiger partial charge in [0.05, 0.1) is 0 Å². The number of esters is 4. The minimum absolute atomic E-state index is 0.0732. The third-order valence-corrected chi connectivity index (χ3v) is 2.82. The molecule has 0 radical (unpaired) electrons. The lowest BCUT2D eigenvalue weighted by molar-refractivity contribution is -0.157. The maximum atomic E-state index is 11.5. The molecular formula is C18H23NO7. The number of unbranched alkanes of at least 4 members (excludes halogenated alkanes) is 2. The van der Waals surface area contributed by atoms with E-state index < -0.39 is 29.8 Å². The van der Waals surface area contributed by atoms with E-state index in [1.54, 1.807) is 0 Å². The summed E-state index contributed by atoms with van der Waals surface area (Å²) in [5.41, 5.74) is 0.228. The van der Waals surface area contributed by atoms with Crippen molar-refractivity contribution < 1.29 is 33.4 Å². The Morgan fingerprint density at radius 1 is 0.846 bits per heavy atom.